The van der Waals surface area contributed by atoms with Gasteiger partial charge in [-0.25, -0.2) is 9.97 Å². The van der Waals surface area contributed by atoms with Gasteiger partial charge in [-0.3, -0.25) is 9.20 Å². The van der Waals surface area contributed by atoms with E-state index >= 15 is 0 Å². The van der Waals surface area contributed by atoms with Gasteiger partial charge in [0.05, 0.1) is 5.69 Å². The van der Waals surface area contributed by atoms with Gasteiger partial charge in [-0.1, -0.05) is 0 Å². The van der Waals surface area contributed by atoms with Crippen LogP contribution >= 0.6 is 0 Å². The average molecular weight is 205 g/mol. The van der Waals surface area contributed by atoms with Crippen LogP contribution in [0.15, 0.2) is 29.3 Å². The van der Waals surface area contributed by atoms with Crippen molar-refractivity contribution in [3.63, 3.8) is 0 Å². The van der Waals surface area contributed by atoms with Gasteiger partial charge in [0, 0.05) is 18.5 Å². The van der Waals surface area contributed by atoms with Crippen LogP contribution in [0.4, 0.5) is 0 Å². The SMILES string of the molecule is CC(C)(O)c1ccn2c(=O)ccnc2n1. The summed E-state index contributed by atoms with van der Waals surface area (Å²) in [5, 5.41) is 9.74. The van der Waals surface area contributed by atoms with Gasteiger partial charge in [-0.15, -0.1) is 0 Å². The number of nitrogens with zero attached hydrogens (tertiary/aromatic N) is 3. The van der Waals surface area contributed by atoms with Gasteiger partial charge in [-0.2, -0.15) is 0 Å². The Hall–Kier alpha value is -1.75. The minimum absolute atomic E-state index is 0.185. The molecule has 0 saturated carbocycles. The molecule has 5 nitrogen and oxygen atoms in total. The van der Waals surface area contributed by atoms with E-state index in [4.69, 9.17) is 0 Å². The van der Waals surface area contributed by atoms with E-state index in [0.717, 1.165) is 0 Å². The zero-order valence-corrected chi connectivity index (χ0v) is 8.51. The number of fused-ring (bicyclic) bond motifs is 1. The monoisotopic (exact) mass is 205 g/mol. The summed E-state index contributed by atoms with van der Waals surface area (Å²) in [6.45, 7) is 3.26. The minimum atomic E-state index is -1.03. The number of aromatic nitrogens is 3. The van der Waals surface area contributed by atoms with E-state index in [1.54, 1.807) is 26.1 Å². The zero-order valence-electron chi connectivity index (χ0n) is 8.51. The first-order valence-electron chi connectivity index (χ1n) is 4.56. The van der Waals surface area contributed by atoms with Gasteiger partial charge in [0.1, 0.15) is 5.60 Å². The maximum Gasteiger partial charge on any atom is 0.258 e. The summed E-state index contributed by atoms with van der Waals surface area (Å²) in [5.74, 6) is 0.294. The first kappa shape index (κ1) is 9.79. The van der Waals surface area contributed by atoms with Crippen molar-refractivity contribution in [1.29, 1.82) is 0 Å². The molecule has 0 saturated heterocycles. The number of aliphatic hydroxyl groups is 1. The molecular weight excluding hydrogens is 194 g/mol. The van der Waals surface area contributed by atoms with Crippen LogP contribution in [0.5, 0.6) is 0 Å². The normalized spacial score (nSPS) is 11.9. The minimum Gasteiger partial charge on any atom is -0.384 e. The van der Waals surface area contributed by atoms with Crippen LogP contribution in [0.2, 0.25) is 0 Å². The van der Waals surface area contributed by atoms with Crippen molar-refractivity contribution in [2.45, 2.75) is 19.4 Å². The van der Waals surface area contributed by atoms with Crippen molar-refractivity contribution < 1.29 is 5.11 Å². The Kier molecular flexibility index (Phi) is 2.04. The lowest BCUT2D eigenvalue weighted by atomic mass is 10.1. The lowest BCUT2D eigenvalue weighted by Gasteiger charge is -2.16. The molecule has 0 aliphatic heterocycles. The molecule has 0 aliphatic rings. The van der Waals surface area contributed by atoms with Gasteiger partial charge in [0.25, 0.3) is 5.56 Å². The summed E-state index contributed by atoms with van der Waals surface area (Å²) in [4.78, 5) is 19.4. The lowest BCUT2D eigenvalue weighted by Crippen LogP contribution is -2.21. The van der Waals surface area contributed by atoms with E-state index in [1.807, 2.05) is 0 Å². The molecule has 2 rings (SSSR count). The largest absolute Gasteiger partial charge is 0.384 e. The molecule has 0 bridgehead atoms. The molecule has 0 amide bonds. The smallest absolute Gasteiger partial charge is 0.258 e. The third-order valence-electron chi connectivity index (χ3n) is 2.09. The average Bonchev–Trinajstić information content (AvgIpc) is 2.16. The maximum absolute atomic E-state index is 11.4. The number of rotatable bonds is 1. The highest BCUT2D eigenvalue weighted by Gasteiger charge is 2.18. The molecule has 0 fully saturated rings. The zero-order chi connectivity index (χ0) is 11.1. The summed E-state index contributed by atoms with van der Waals surface area (Å²) in [5.41, 5.74) is -0.731. The Morgan fingerprint density at radius 3 is 2.80 bits per heavy atom. The fraction of sp³-hybridized carbons (Fsp3) is 0.300. The van der Waals surface area contributed by atoms with Gasteiger partial charge in [-0.05, 0) is 19.9 Å². The van der Waals surface area contributed by atoms with Crippen LogP contribution in [0.1, 0.15) is 19.5 Å². The van der Waals surface area contributed by atoms with Gasteiger partial charge < -0.3 is 5.11 Å². The van der Waals surface area contributed by atoms with E-state index in [0.29, 0.717) is 11.5 Å². The summed E-state index contributed by atoms with van der Waals surface area (Å²) in [6.07, 6.45) is 2.96. The molecule has 2 aromatic rings. The van der Waals surface area contributed by atoms with Crippen molar-refractivity contribution in [1.82, 2.24) is 14.4 Å². The van der Waals surface area contributed by atoms with Crippen LogP contribution in [0, 0.1) is 0 Å². The van der Waals surface area contributed by atoms with Crippen molar-refractivity contribution >= 4 is 5.78 Å². The topological polar surface area (TPSA) is 67.5 Å². The summed E-state index contributed by atoms with van der Waals surface area (Å²) in [6, 6.07) is 2.97. The van der Waals surface area contributed by atoms with Gasteiger partial charge in [0.15, 0.2) is 0 Å². The number of hydrogen-bond acceptors (Lipinski definition) is 4. The van der Waals surface area contributed by atoms with Gasteiger partial charge >= 0.3 is 0 Å². The first-order valence-corrected chi connectivity index (χ1v) is 4.56. The van der Waals surface area contributed by atoms with E-state index in [1.165, 1.54) is 16.7 Å². The predicted octanol–water partition coefficient (Wildman–Crippen LogP) is 0.317. The Bertz CT molecular complexity index is 554. The third-order valence-corrected chi connectivity index (χ3v) is 2.09. The molecule has 2 aromatic heterocycles. The van der Waals surface area contributed by atoms with Crippen LogP contribution in [0.3, 0.4) is 0 Å². The highest BCUT2D eigenvalue weighted by Crippen LogP contribution is 2.16. The molecule has 0 unspecified atom stereocenters. The first-order chi connectivity index (χ1) is 6.98. The number of hydrogen-bond donors (Lipinski definition) is 1. The molecule has 1 N–H and O–H groups in total. The Morgan fingerprint density at radius 2 is 2.13 bits per heavy atom. The quantitative estimate of drug-likeness (QED) is 0.727. The van der Waals surface area contributed by atoms with Crippen molar-refractivity contribution in [2.24, 2.45) is 0 Å². The van der Waals surface area contributed by atoms with Crippen LogP contribution < -0.4 is 5.56 Å². The van der Waals surface area contributed by atoms with Crippen molar-refractivity contribution in [3.05, 3.63) is 40.6 Å². The lowest BCUT2D eigenvalue weighted by molar-refractivity contribution is 0.0739. The highest BCUT2D eigenvalue weighted by molar-refractivity contribution is 5.29. The Morgan fingerprint density at radius 1 is 1.40 bits per heavy atom. The van der Waals surface area contributed by atoms with E-state index < -0.39 is 5.60 Å². The maximum atomic E-state index is 11.4. The molecule has 5 heteroatoms. The van der Waals surface area contributed by atoms with Crippen molar-refractivity contribution in [3.8, 4) is 0 Å². The second-order valence-electron chi connectivity index (χ2n) is 3.82. The second-order valence-corrected chi connectivity index (χ2v) is 3.82. The van der Waals surface area contributed by atoms with Gasteiger partial charge in [0.2, 0.25) is 5.78 Å². The fourth-order valence-electron chi connectivity index (χ4n) is 1.26. The fourth-order valence-corrected chi connectivity index (χ4v) is 1.26. The molecule has 0 atom stereocenters. The summed E-state index contributed by atoms with van der Waals surface area (Å²) in [7, 11) is 0. The second kappa shape index (κ2) is 3.13. The Balaban J connectivity index is 2.73. The van der Waals surface area contributed by atoms with Crippen LogP contribution in [0.25, 0.3) is 5.78 Å². The van der Waals surface area contributed by atoms with Crippen LogP contribution in [-0.4, -0.2) is 19.5 Å². The standard InChI is InChI=1S/C10H11N3O2/c1-10(2,15)7-4-6-13-8(14)3-5-11-9(13)12-7/h3-6,15H,1-2H3. The van der Waals surface area contributed by atoms with E-state index in [-0.39, 0.29) is 5.56 Å². The third kappa shape index (κ3) is 1.73. The molecule has 78 valence electrons. The summed E-state index contributed by atoms with van der Waals surface area (Å²) < 4.78 is 1.33. The molecule has 2 heterocycles. The Labute approximate surface area is 86.0 Å². The van der Waals surface area contributed by atoms with Crippen LogP contribution in [-0.2, 0) is 5.60 Å². The molecule has 0 aliphatic carbocycles. The van der Waals surface area contributed by atoms with E-state index in [2.05, 4.69) is 9.97 Å². The highest BCUT2D eigenvalue weighted by atomic mass is 16.3. The molecule has 0 radical (unpaired) electrons. The predicted molar refractivity (Wildman–Crippen MR) is 54.5 cm³/mol. The summed E-state index contributed by atoms with van der Waals surface area (Å²) >= 11 is 0. The molecule has 15 heavy (non-hydrogen) atoms. The van der Waals surface area contributed by atoms with Crippen molar-refractivity contribution in [2.75, 3.05) is 0 Å². The molecule has 0 aromatic carbocycles. The van der Waals surface area contributed by atoms with E-state index in [9.17, 15) is 9.90 Å². The molecule has 0 spiro atoms. The molecular formula is C10H11N3O2.